The lowest BCUT2D eigenvalue weighted by Gasteiger charge is -2.18. The van der Waals surface area contributed by atoms with Crippen molar-refractivity contribution in [1.82, 2.24) is 0 Å². The first kappa shape index (κ1) is 14.6. The molecule has 6 heteroatoms. The molecule has 0 spiro atoms. The maximum absolute atomic E-state index is 11.4. The summed E-state index contributed by atoms with van der Waals surface area (Å²) in [5.41, 5.74) is 12.1. The Morgan fingerprint density at radius 1 is 1.56 bits per heavy atom. The largest absolute Gasteiger partial charge is 0.399 e. The number of carbonyl (C=O) groups is 1. The van der Waals surface area contributed by atoms with Crippen LogP contribution in [0, 0.1) is 0 Å². The molecule has 0 bridgehead atoms. The Kier molecular flexibility index (Phi) is 5.25. The van der Waals surface area contributed by atoms with E-state index in [0.717, 1.165) is 0 Å². The zero-order valence-corrected chi connectivity index (χ0v) is 11.3. The quantitative estimate of drug-likeness (QED) is 0.689. The number of benzene rings is 1. The summed E-state index contributed by atoms with van der Waals surface area (Å²) in [5.74, 6) is -0.574. The molecule has 0 aliphatic carbocycles. The van der Waals surface area contributed by atoms with Gasteiger partial charge in [0.25, 0.3) is 5.91 Å². The van der Waals surface area contributed by atoms with Crippen molar-refractivity contribution < 1.29 is 9.53 Å². The monoisotopic (exact) mass is 271 g/mol. The van der Waals surface area contributed by atoms with Crippen molar-refractivity contribution >= 4 is 28.9 Å². The van der Waals surface area contributed by atoms with Crippen molar-refractivity contribution in [2.75, 3.05) is 24.3 Å². The molecule has 0 saturated carbocycles. The third kappa shape index (κ3) is 3.78. The van der Waals surface area contributed by atoms with E-state index in [-0.39, 0.29) is 11.6 Å². The average Bonchev–Trinajstić information content (AvgIpc) is 2.29. The van der Waals surface area contributed by atoms with Crippen molar-refractivity contribution in [3.63, 3.8) is 0 Å². The third-order valence-corrected chi connectivity index (χ3v) is 2.64. The van der Waals surface area contributed by atoms with Crippen LogP contribution in [0.2, 0.25) is 5.02 Å². The number of nitrogen functional groups attached to an aromatic ring is 1. The van der Waals surface area contributed by atoms with Gasteiger partial charge in [-0.05, 0) is 26.0 Å². The number of carbonyl (C=O) groups excluding carboxylic acids is 1. The Bertz CT molecular complexity index is 438. The zero-order chi connectivity index (χ0) is 13.7. The normalized spacial score (nSPS) is 12.2. The Hall–Kier alpha value is -1.46. The first-order valence-electron chi connectivity index (χ1n) is 5.68. The Morgan fingerprint density at radius 2 is 2.22 bits per heavy atom. The topological polar surface area (TPSA) is 90.4 Å². The number of hydrogen-bond acceptors (Lipinski definition) is 4. The summed E-state index contributed by atoms with van der Waals surface area (Å²) in [6, 6.07) is 3.08. The molecule has 1 atom stereocenters. The first-order chi connectivity index (χ1) is 8.45. The number of ether oxygens (including phenoxy) is 1. The molecule has 1 aromatic rings. The van der Waals surface area contributed by atoms with Gasteiger partial charge in [-0.25, -0.2) is 0 Å². The van der Waals surface area contributed by atoms with Crippen molar-refractivity contribution in [2.24, 2.45) is 5.73 Å². The smallest absolute Gasteiger partial charge is 0.250 e. The summed E-state index contributed by atoms with van der Waals surface area (Å²) in [7, 11) is 0. The second-order valence-electron chi connectivity index (χ2n) is 3.99. The van der Waals surface area contributed by atoms with Gasteiger partial charge in [-0.2, -0.15) is 0 Å². The van der Waals surface area contributed by atoms with Crippen LogP contribution in [0.25, 0.3) is 0 Å². The van der Waals surface area contributed by atoms with E-state index < -0.39 is 5.91 Å². The number of hydrogen-bond donors (Lipinski definition) is 3. The van der Waals surface area contributed by atoms with Crippen molar-refractivity contribution in [3.8, 4) is 0 Å². The molecule has 1 amide bonds. The summed E-state index contributed by atoms with van der Waals surface area (Å²) in [6.07, 6.45) is 0. The molecule has 5 nitrogen and oxygen atoms in total. The van der Waals surface area contributed by atoms with Crippen LogP contribution in [-0.4, -0.2) is 25.2 Å². The minimum atomic E-state index is -0.574. The molecule has 1 rings (SSSR count). The molecule has 1 aromatic carbocycles. The molecule has 0 radical (unpaired) electrons. The Balaban J connectivity index is 2.96. The summed E-state index contributed by atoms with van der Waals surface area (Å²) in [4.78, 5) is 11.4. The summed E-state index contributed by atoms with van der Waals surface area (Å²) in [5, 5.41) is 3.48. The molecule has 100 valence electrons. The minimum Gasteiger partial charge on any atom is -0.399 e. The molecule has 0 aliphatic heterocycles. The summed E-state index contributed by atoms with van der Waals surface area (Å²) >= 11 is 6.07. The number of anilines is 2. The van der Waals surface area contributed by atoms with Gasteiger partial charge in [-0.3, -0.25) is 4.79 Å². The van der Waals surface area contributed by atoms with Crippen LogP contribution in [0.4, 0.5) is 11.4 Å². The molecule has 1 unspecified atom stereocenters. The highest BCUT2D eigenvalue weighted by Crippen LogP contribution is 2.29. The number of primary amides is 1. The molecule has 0 aliphatic rings. The van der Waals surface area contributed by atoms with Crippen LogP contribution in [-0.2, 0) is 4.74 Å². The van der Waals surface area contributed by atoms with E-state index in [4.69, 9.17) is 27.8 Å². The van der Waals surface area contributed by atoms with E-state index in [1.807, 2.05) is 13.8 Å². The van der Waals surface area contributed by atoms with E-state index in [0.29, 0.717) is 29.6 Å². The standard InChI is InChI=1S/C12H18ClN3O2/c1-3-18-6-7(2)16-11-9(12(15)17)4-8(14)5-10(11)13/h4-5,7,16H,3,6,14H2,1-2H3,(H2,15,17). The molecule has 0 fully saturated rings. The van der Waals surface area contributed by atoms with Gasteiger partial charge in [0.1, 0.15) is 0 Å². The van der Waals surface area contributed by atoms with Crippen molar-refractivity contribution in [3.05, 3.63) is 22.7 Å². The number of nitrogens with one attached hydrogen (secondary N) is 1. The molecule has 0 saturated heterocycles. The van der Waals surface area contributed by atoms with E-state index in [9.17, 15) is 4.79 Å². The van der Waals surface area contributed by atoms with Crippen LogP contribution in [0.15, 0.2) is 12.1 Å². The highest BCUT2D eigenvalue weighted by atomic mass is 35.5. The average molecular weight is 272 g/mol. The maximum atomic E-state index is 11.4. The highest BCUT2D eigenvalue weighted by Gasteiger charge is 2.15. The van der Waals surface area contributed by atoms with Gasteiger partial charge in [0.2, 0.25) is 0 Å². The zero-order valence-electron chi connectivity index (χ0n) is 10.5. The van der Waals surface area contributed by atoms with Crippen LogP contribution < -0.4 is 16.8 Å². The van der Waals surface area contributed by atoms with Crippen molar-refractivity contribution in [2.45, 2.75) is 19.9 Å². The molecule has 0 heterocycles. The van der Waals surface area contributed by atoms with Crippen LogP contribution >= 0.6 is 11.6 Å². The summed E-state index contributed by atoms with van der Waals surface area (Å²) in [6.45, 7) is 4.98. The van der Waals surface area contributed by atoms with E-state index in [1.54, 1.807) is 6.07 Å². The van der Waals surface area contributed by atoms with Crippen LogP contribution in [0.1, 0.15) is 24.2 Å². The third-order valence-electron chi connectivity index (χ3n) is 2.34. The van der Waals surface area contributed by atoms with Gasteiger partial charge in [-0.1, -0.05) is 11.6 Å². The van der Waals surface area contributed by atoms with Gasteiger partial charge in [-0.15, -0.1) is 0 Å². The van der Waals surface area contributed by atoms with Gasteiger partial charge >= 0.3 is 0 Å². The lowest BCUT2D eigenvalue weighted by atomic mass is 10.1. The first-order valence-corrected chi connectivity index (χ1v) is 6.06. The highest BCUT2D eigenvalue weighted by molar-refractivity contribution is 6.34. The fourth-order valence-corrected chi connectivity index (χ4v) is 1.83. The number of amides is 1. The Labute approximate surface area is 111 Å². The van der Waals surface area contributed by atoms with Gasteiger partial charge in [0.15, 0.2) is 0 Å². The molecule has 0 aromatic heterocycles. The Morgan fingerprint density at radius 3 is 2.78 bits per heavy atom. The maximum Gasteiger partial charge on any atom is 0.250 e. The van der Waals surface area contributed by atoms with E-state index in [2.05, 4.69) is 5.32 Å². The van der Waals surface area contributed by atoms with Crippen LogP contribution in [0.3, 0.4) is 0 Å². The fourth-order valence-electron chi connectivity index (χ4n) is 1.55. The van der Waals surface area contributed by atoms with Gasteiger partial charge < -0.3 is 21.5 Å². The SMILES string of the molecule is CCOCC(C)Nc1c(Cl)cc(N)cc1C(N)=O. The predicted octanol–water partition coefficient (Wildman–Crippen LogP) is 1.86. The molecule has 18 heavy (non-hydrogen) atoms. The van der Waals surface area contributed by atoms with Crippen molar-refractivity contribution in [1.29, 1.82) is 0 Å². The van der Waals surface area contributed by atoms with Gasteiger partial charge in [0.05, 0.1) is 22.9 Å². The molecule has 5 N–H and O–H groups in total. The van der Waals surface area contributed by atoms with E-state index >= 15 is 0 Å². The van der Waals surface area contributed by atoms with E-state index in [1.165, 1.54) is 6.07 Å². The number of rotatable bonds is 6. The lowest BCUT2D eigenvalue weighted by Crippen LogP contribution is -2.24. The minimum absolute atomic E-state index is 0.00387. The lowest BCUT2D eigenvalue weighted by molar-refractivity contribution is 0.100. The second kappa shape index (κ2) is 6.47. The predicted molar refractivity (Wildman–Crippen MR) is 74.0 cm³/mol. The number of nitrogens with two attached hydrogens (primary N) is 2. The second-order valence-corrected chi connectivity index (χ2v) is 4.40. The summed E-state index contributed by atoms with van der Waals surface area (Å²) < 4.78 is 5.28. The molecular weight excluding hydrogens is 254 g/mol. The fraction of sp³-hybridized carbons (Fsp3) is 0.417. The van der Waals surface area contributed by atoms with Gasteiger partial charge in [0, 0.05) is 18.3 Å². The number of halogens is 1. The van der Waals surface area contributed by atoms with Crippen LogP contribution in [0.5, 0.6) is 0 Å². The molecular formula is C12H18ClN3O2.